The van der Waals surface area contributed by atoms with Crippen molar-refractivity contribution in [1.29, 1.82) is 0 Å². The number of pyridine rings is 1. The molecular weight excluding hydrogens is 252 g/mol. The predicted molar refractivity (Wildman–Crippen MR) is 81.0 cm³/mol. The third-order valence-corrected chi connectivity index (χ3v) is 4.00. The van der Waals surface area contributed by atoms with Gasteiger partial charge >= 0.3 is 0 Å². The molecular formula is C15H24N4O. The van der Waals surface area contributed by atoms with Gasteiger partial charge in [-0.1, -0.05) is 6.92 Å². The second kappa shape index (κ2) is 6.70. The number of likely N-dealkylation sites (N-methyl/N-ethyl adjacent to an activating group) is 2. The van der Waals surface area contributed by atoms with Crippen molar-refractivity contribution in [2.24, 2.45) is 0 Å². The highest BCUT2D eigenvalue weighted by molar-refractivity contribution is 5.93. The van der Waals surface area contributed by atoms with Gasteiger partial charge in [-0.05, 0) is 38.1 Å². The number of nitrogens with one attached hydrogen (secondary N) is 1. The fourth-order valence-corrected chi connectivity index (χ4v) is 2.82. The molecule has 1 unspecified atom stereocenters. The number of amides is 1. The summed E-state index contributed by atoms with van der Waals surface area (Å²) in [5.74, 6) is -0.00921. The average molecular weight is 276 g/mol. The van der Waals surface area contributed by atoms with E-state index in [0.717, 1.165) is 25.3 Å². The van der Waals surface area contributed by atoms with Crippen molar-refractivity contribution in [1.82, 2.24) is 14.8 Å². The van der Waals surface area contributed by atoms with Crippen LogP contribution in [0, 0.1) is 0 Å². The Labute approximate surface area is 121 Å². The summed E-state index contributed by atoms with van der Waals surface area (Å²) in [5.41, 5.74) is 1.41. The molecule has 1 atom stereocenters. The van der Waals surface area contributed by atoms with E-state index >= 15 is 0 Å². The third-order valence-electron chi connectivity index (χ3n) is 4.00. The molecule has 2 heterocycles. The number of carbonyl (C=O) groups is 1. The first-order valence-electron chi connectivity index (χ1n) is 7.29. The van der Waals surface area contributed by atoms with Crippen LogP contribution in [-0.4, -0.2) is 60.5 Å². The Morgan fingerprint density at radius 2 is 2.40 bits per heavy atom. The highest BCUT2D eigenvalue weighted by Crippen LogP contribution is 2.18. The molecule has 0 radical (unpaired) electrons. The molecule has 1 N–H and O–H groups in total. The molecule has 0 saturated carbocycles. The number of likely N-dealkylation sites (tertiary alicyclic amines) is 1. The lowest BCUT2D eigenvalue weighted by Crippen LogP contribution is -2.41. The fraction of sp³-hybridized carbons (Fsp3) is 0.600. The maximum absolute atomic E-state index is 12.4. The maximum atomic E-state index is 12.4. The van der Waals surface area contributed by atoms with Crippen molar-refractivity contribution in [3.63, 3.8) is 0 Å². The summed E-state index contributed by atoms with van der Waals surface area (Å²) in [5, 5.41) is 3.03. The molecule has 2 rings (SSSR count). The van der Waals surface area contributed by atoms with E-state index in [-0.39, 0.29) is 5.91 Å². The first-order chi connectivity index (χ1) is 9.65. The van der Waals surface area contributed by atoms with E-state index in [2.05, 4.69) is 22.1 Å². The van der Waals surface area contributed by atoms with Gasteiger partial charge in [0.2, 0.25) is 0 Å². The SMILES string of the molecule is CCN1CCCC1CN(C)C(=O)c1cc(NC)ccn1. The van der Waals surface area contributed by atoms with Crippen molar-refractivity contribution in [2.75, 3.05) is 39.0 Å². The van der Waals surface area contributed by atoms with Gasteiger partial charge in [-0.2, -0.15) is 0 Å². The van der Waals surface area contributed by atoms with E-state index in [4.69, 9.17) is 0 Å². The number of aromatic nitrogens is 1. The lowest BCUT2D eigenvalue weighted by atomic mass is 10.2. The van der Waals surface area contributed by atoms with E-state index in [1.807, 2.05) is 20.2 Å². The summed E-state index contributed by atoms with van der Waals surface area (Å²) in [6, 6.07) is 4.14. The van der Waals surface area contributed by atoms with Crippen LogP contribution in [0.5, 0.6) is 0 Å². The lowest BCUT2D eigenvalue weighted by molar-refractivity contribution is 0.0749. The van der Waals surface area contributed by atoms with Crippen LogP contribution < -0.4 is 5.32 Å². The van der Waals surface area contributed by atoms with Crippen LogP contribution in [0.4, 0.5) is 5.69 Å². The molecule has 20 heavy (non-hydrogen) atoms. The van der Waals surface area contributed by atoms with Gasteiger partial charge in [0.1, 0.15) is 5.69 Å². The van der Waals surface area contributed by atoms with Gasteiger partial charge in [0.15, 0.2) is 0 Å². The van der Waals surface area contributed by atoms with Crippen molar-refractivity contribution >= 4 is 11.6 Å². The molecule has 1 aromatic rings. The maximum Gasteiger partial charge on any atom is 0.272 e. The van der Waals surface area contributed by atoms with E-state index in [0.29, 0.717) is 11.7 Å². The minimum absolute atomic E-state index is 0.00921. The standard InChI is InChI=1S/C15H24N4O/c1-4-19-9-5-6-13(19)11-18(3)15(20)14-10-12(16-2)7-8-17-14/h7-8,10,13H,4-6,9,11H2,1-3H3,(H,16,17). The van der Waals surface area contributed by atoms with Crippen molar-refractivity contribution in [3.05, 3.63) is 24.0 Å². The Bertz CT molecular complexity index is 463. The molecule has 1 fully saturated rings. The second-order valence-electron chi connectivity index (χ2n) is 5.29. The molecule has 1 aliphatic rings. The van der Waals surface area contributed by atoms with Gasteiger partial charge in [-0.15, -0.1) is 0 Å². The predicted octanol–water partition coefficient (Wildman–Crippen LogP) is 1.68. The van der Waals surface area contributed by atoms with E-state index in [9.17, 15) is 4.79 Å². The molecule has 0 aromatic carbocycles. The monoisotopic (exact) mass is 276 g/mol. The Morgan fingerprint density at radius 3 is 3.10 bits per heavy atom. The topological polar surface area (TPSA) is 48.5 Å². The molecule has 0 aliphatic carbocycles. The summed E-state index contributed by atoms with van der Waals surface area (Å²) in [6.07, 6.45) is 4.07. The smallest absolute Gasteiger partial charge is 0.272 e. The number of anilines is 1. The number of rotatable bonds is 5. The molecule has 1 aromatic heterocycles. The lowest BCUT2D eigenvalue weighted by Gasteiger charge is -2.27. The largest absolute Gasteiger partial charge is 0.388 e. The Morgan fingerprint density at radius 1 is 1.60 bits per heavy atom. The van der Waals surface area contributed by atoms with Gasteiger partial charge in [-0.25, -0.2) is 0 Å². The summed E-state index contributed by atoms with van der Waals surface area (Å²) in [7, 11) is 3.70. The van der Waals surface area contributed by atoms with Crippen LogP contribution in [-0.2, 0) is 0 Å². The van der Waals surface area contributed by atoms with Crippen LogP contribution in [0.2, 0.25) is 0 Å². The molecule has 5 heteroatoms. The Balaban J connectivity index is 2.01. The van der Waals surface area contributed by atoms with Crippen LogP contribution in [0.3, 0.4) is 0 Å². The van der Waals surface area contributed by atoms with Crippen molar-refractivity contribution in [2.45, 2.75) is 25.8 Å². The van der Waals surface area contributed by atoms with E-state index in [1.165, 1.54) is 12.8 Å². The normalized spacial score (nSPS) is 19.1. The first kappa shape index (κ1) is 14.8. The highest BCUT2D eigenvalue weighted by atomic mass is 16.2. The molecule has 1 saturated heterocycles. The fourth-order valence-electron chi connectivity index (χ4n) is 2.82. The second-order valence-corrected chi connectivity index (χ2v) is 5.29. The number of nitrogens with zero attached hydrogens (tertiary/aromatic N) is 3. The van der Waals surface area contributed by atoms with Crippen LogP contribution in [0.1, 0.15) is 30.3 Å². The first-order valence-corrected chi connectivity index (χ1v) is 7.29. The molecule has 110 valence electrons. The Kier molecular flexibility index (Phi) is 4.95. The molecule has 0 bridgehead atoms. The summed E-state index contributed by atoms with van der Waals surface area (Å²) in [4.78, 5) is 20.8. The van der Waals surface area contributed by atoms with Gasteiger partial charge in [-0.3, -0.25) is 14.7 Å². The third kappa shape index (κ3) is 3.28. The number of hydrogen-bond donors (Lipinski definition) is 1. The highest BCUT2D eigenvalue weighted by Gasteiger charge is 2.26. The van der Waals surface area contributed by atoms with Crippen LogP contribution in [0.25, 0.3) is 0 Å². The van der Waals surface area contributed by atoms with Gasteiger partial charge in [0.25, 0.3) is 5.91 Å². The van der Waals surface area contributed by atoms with Gasteiger partial charge in [0.05, 0.1) is 0 Å². The van der Waals surface area contributed by atoms with Crippen LogP contribution in [0.15, 0.2) is 18.3 Å². The molecule has 1 aliphatic heterocycles. The van der Waals surface area contributed by atoms with Crippen molar-refractivity contribution < 1.29 is 4.79 Å². The Hall–Kier alpha value is -1.62. The molecule has 0 spiro atoms. The minimum Gasteiger partial charge on any atom is -0.388 e. The quantitative estimate of drug-likeness (QED) is 0.889. The zero-order chi connectivity index (χ0) is 14.5. The summed E-state index contributed by atoms with van der Waals surface area (Å²) >= 11 is 0. The minimum atomic E-state index is -0.00921. The zero-order valence-electron chi connectivity index (χ0n) is 12.6. The average Bonchev–Trinajstić information content (AvgIpc) is 2.93. The van der Waals surface area contributed by atoms with E-state index in [1.54, 1.807) is 17.2 Å². The molecule has 1 amide bonds. The number of carbonyl (C=O) groups excluding carboxylic acids is 1. The van der Waals surface area contributed by atoms with E-state index < -0.39 is 0 Å². The molecule has 5 nitrogen and oxygen atoms in total. The number of hydrogen-bond acceptors (Lipinski definition) is 4. The summed E-state index contributed by atoms with van der Waals surface area (Å²) < 4.78 is 0. The summed E-state index contributed by atoms with van der Waals surface area (Å²) in [6.45, 7) is 5.16. The van der Waals surface area contributed by atoms with Gasteiger partial charge in [0, 0.05) is 38.6 Å². The van der Waals surface area contributed by atoms with Crippen LogP contribution >= 0.6 is 0 Å². The van der Waals surface area contributed by atoms with Gasteiger partial charge < -0.3 is 10.2 Å². The van der Waals surface area contributed by atoms with Crippen molar-refractivity contribution in [3.8, 4) is 0 Å². The zero-order valence-corrected chi connectivity index (χ0v) is 12.6.